The summed E-state index contributed by atoms with van der Waals surface area (Å²) in [5.74, 6) is 0. The van der Waals surface area contributed by atoms with Crippen molar-refractivity contribution in [2.75, 3.05) is 0 Å². The first-order valence-electron chi connectivity index (χ1n) is 5.86. The summed E-state index contributed by atoms with van der Waals surface area (Å²) in [4.78, 5) is 3.38. The van der Waals surface area contributed by atoms with Gasteiger partial charge in [-0.15, -0.1) is 0 Å². The highest BCUT2D eigenvalue weighted by atomic mass is 14.7. The predicted octanol–water partition coefficient (Wildman–Crippen LogP) is 4.02. The zero-order valence-electron chi connectivity index (χ0n) is 10.1. The highest BCUT2D eigenvalue weighted by Gasteiger charge is 2.04. The van der Waals surface area contributed by atoms with Gasteiger partial charge in [0.2, 0.25) is 0 Å². The Morgan fingerprint density at radius 1 is 1.06 bits per heavy atom. The van der Waals surface area contributed by atoms with Gasteiger partial charge in [0, 0.05) is 16.6 Å². The molecule has 0 bridgehead atoms. The van der Waals surface area contributed by atoms with Crippen LogP contribution in [0.2, 0.25) is 0 Å². The minimum Gasteiger partial charge on any atom is -0.355 e. The molecule has 0 amide bonds. The Labute approximate surface area is 106 Å². The van der Waals surface area contributed by atoms with Gasteiger partial charge in [-0.3, -0.25) is 0 Å². The Morgan fingerprint density at radius 3 is 2.72 bits per heavy atom. The summed E-state index contributed by atoms with van der Waals surface area (Å²) >= 11 is 0. The largest absolute Gasteiger partial charge is 0.355 e. The SMILES string of the molecule is Cc1cccc(-c2cc3cc(C#N)ccc3[nH]2)c1. The Balaban J connectivity index is 2.17. The highest BCUT2D eigenvalue weighted by Crippen LogP contribution is 2.25. The molecule has 0 saturated carbocycles. The maximum atomic E-state index is 8.90. The summed E-state index contributed by atoms with van der Waals surface area (Å²) in [5.41, 5.74) is 5.25. The third-order valence-corrected chi connectivity index (χ3v) is 3.08. The van der Waals surface area contributed by atoms with Gasteiger partial charge < -0.3 is 4.98 Å². The average Bonchev–Trinajstić information content (AvgIpc) is 2.81. The maximum absolute atomic E-state index is 8.90. The van der Waals surface area contributed by atoms with Gasteiger partial charge in [0.25, 0.3) is 0 Å². The van der Waals surface area contributed by atoms with E-state index in [1.165, 1.54) is 11.1 Å². The molecule has 0 saturated heterocycles. The van der Waals surface area contributed by atoms with Gasteiger partial charge in [-0.1, -0.05) is 23.8 Å². The van der Waals surface area contributed by atoms with Gasteiger partial charge in [-0.05, 0) is 42.8 Å². The Hall–Kier alpha value is -2.53. The summed E-state index contributed by atoms with van der Waals surface area (Å²) in [6.07, 6.45) is 0. The number of nitrogens with zero attached hydrogens (tertiary/aromatic N) is 1. The lowest BCUT2D eigenvalue weighted by molar-refractivity contribution is 1.41. The second-order valence-electron chi connectivity index (χ2n) is 4.47. The number of hydrogen-bond acceptors (Lipinski definition) is 1. The summed E-state index contributed by atoms with van der Waals surface area (Å²) < 4.78 is 0. The van der Waals surface area contributed by atoms with Crippen molar-refractivity contribution in [1.29, 1.82) is 5.26 Å². The number of benzene rings is 2. The van der Waals surface area contributed by atoms with E-state index in [0.29, 0.717) is 5.56 Å². The molecule has 0 spiro atoms. The first-order valence-corrected chi connectivity index (χ1v) is 5.86. The lowest BCUT2D eigenvalue weighted by atomic mass is 10.1. The fraction of sp³-hybridized carbons (Fsp3) is 0.0625. The van der Waals surface area contributed by atoms with E-state index in [1.807, 2.05) is 18.2 Å². The second-order valence-corrected chi connectivity index (χ2v) is 4.47. The number of H-pyrrole nitrogens is 1. The number of nitrogens with one attached hydrogen (secondary N) is 1. The molecule has 0 unspecified atom stereocenters. The van der Waals surface area contributed by atoms with Crippen LogP contribution in [0.25, 0.3) is 22.2 Å². The number of hydrogen-bond donors (Lipinski definition) is 1. The van der Waals surface area contributed by atoms with Crippen molar-refractivity contribution in [3.8, 4) is 17.3 Å². The van der Waals surface area contributed by atoms with Crippen LogP contribution in [0.5, 0.6) is 0 Å². The van der Waals surface area contributed by atoms with Crippen LogP contribution >= 0.6 is 0 Å². The molecule has 0 atom stereocenters. The lowest BCUT2D eigenvalue weighted by Crippen LogP contribution is -1.78. The summed E-state index contributed by atoms with van der Waals surface area (Å²) in [6.45, 7) is 2.08. The first kappa shape index (κ1) is 10.6. The monoisotopic (exact) mass is 232 g/mol. The van der Waals surface area contributed by atoms with Gasteiger partial charge in [-0.2, -0.15) is 5.26 Å². The molecule has 3 aromatic rings. The molecule has 2 nitrogen and oxygen atoms in total. The predicted molar refractivity (Wildman–Crippen MR) is 73.2 cm³/mol. The number of aryl methyl sites for hydroxylation is 1. The van der Waals surface area contributed by atoms with Crippen LogP contribution in [-0.2, 0) is 0 Å². The van der Waals surface area contributed by atoms with E-state index in [4.69, 9.17) is 5.26 Å². The minimum absolute atomic E-state index is 0.692. The molecule has 0 aliphatic carbocycles. The summed E-state index contributed by atoms with van der Waals surface area (Å²) in [5, 5.41) is 9.97. The number of aromatic amines is 1. The normalized spacial score (nSPS) is 10.4. The third kappa shape index (κ3) is 1.76. The van der Waals surface area contributed by atoms with Crippen molar-refractivity contribution < 1.29 is 0 Å². The van der Waals surface area contributed by atoms with Crippen LogP contribution in [0.4, 0.5) is 0 Å². The molecular formula is C16H12N2. The smallest absolute Gasteiger partial charge is 0.0991 e. The molecule has 1 aromatic heterocycles. The fourth-order valence-electron chi connectivity index (χ4n) is 2.17. The van der Waals surface area contributed by atoms with E-state index < -0.39 is 0 Å². The maximum Gasteiger partial charge on any atom is 0.0991 e. The van der Waals surface area contributed by atoms with Crippen LogP contribution in [0.3, 0.4) is 0 Å². The van der Waals surface area contributed by atoms with Gasteiger partial charge in [0.1, 0.15) is 0 Å². The number of rotatable bonds is 1. The Bertz CT molecular complexity index is 760. The van der Waals surface area contributed by atoms with Crippen molar-refractivity contribution >= 4 is 10.9 Å². The van der Waals surface area contributed by atoms with Crippen LogP contribution < -0.4 is 0 Å². The van der Waals surface area contributed by atoms with Gasteiger partial charge in [0.15, 0.2) is 0 Å². The quantitative estimate of drug-likeness (QED) is 0.676. The van der Waals surface area contributed by atoms with Crippen LogP contribution in [0.1, 0.15) is 11.1 Å². The van der Waals surface area contributed by atoms with Crippen molar-refractivity contribution in [3.63, 3.8) is 0 Å². The van der Waals surface area contributed by atoms with E-state index >= 15 is 0 Å². The van der Waals surface area contributed by atoms with E-state index in [2.05, 4.69) is 48.3 Å². The average molecular weight is 232 g/mol. The van der Waals surface area contributed by atoms with E-state index in [-0.39, 0.29) is 0 Å². The topological polar surface area (TPSA) is 39.6 Å². The molecule has 86 valence electrons. The molecule has 0 aliphatic heterocycles. The molecule has 3 rings (SSSR count). The van der Waals surface area contributed by atoms with Crippen molar-refractivity contribution in [3.05, 3.63) is 59.7 Å². The molecule has 1 heterocycles. The van der Waals surface area contributed by atoms with Crippen LogP contribution in [0, 0.1) is 18.3 Å². The molecule has 1 N–H and O–H groups in total. The molecule has 0 aliphatic rings. The fourth-order valence-corrected chi connectivity index (χ4v) is 2.17. The van der Waals surface area contributed by atoms with Crippen LogP contribution in [0.15, 0.2) is 48.5 Å². The van der Waals surface area contributed by atoms with Crippen molar-refractivity contribution in [2.45, 2.75) is 6.92 Å². The van der Waals surface area contributed by atoms with Gasteiger partial charge in [0.05, 0.1) is 11.6 Å². The number of aromatic nitrogens is 1. The Morgan fingerprint density at radius 2 is 1.94 bits per heavy atom. The van der Waals surface area contributed by atoms with E-state index in [0.717, 1.165) is 16.6 Å². The third-order valence-electron chi connectivity index (χ3n) is 3.08. The number of nitriles is 1. The minimum atomic E-state index is 0.692. The molecule has 2 aromatic carbocycles. The second kappa shape index (κ2) is 4.05. The van der Waals surface area contributed by atoms with Gasteiger partial charge >= 0.3 is 0 Å². The zero-order chi connectivity index (χ0) is 12.5. The Kier molecular flexibility index (Phi) is 2.39. The molecule has 18 heavy (non-hydrogen) atoms. The summed E-state index contributed by atoms with van der Waals surface area (Å²) in [6, 6.07) is 18.3. The zero-order valence-corrected chi connectivity index (χ0v) is 10.1. The first-order chi connectivity index (χ1) is 8.76. The van der Waals surface area contributed by atoms with Crippen LogP contribution in [-0.4, -0.2) is 4.98 Å². The lowest BCUT2D eigenvalue weighted by Gasteiger charge is -1.98. The summed E-state index contributed by atoms with van der Waals surface area (Å²) in [7, 11) is 0. The van der Waals surface area contributed by atoms with Gasteiger partial charge in [-0.25, -0.2) is 0 Å². The van der Waals surface area contributed by atoms with E-state index in [1.54, 1.807) is 0 Å². The van der Waals surface area contributed by atoms with E-state index in [9.17, 15) is 0 Å². The molecule has 0 fully saturated rings. The van der Waals surface area contributed by atoms with Crippen molar-refractivity contribution in [1.82, 2.24) is 4.98 Å². The number of fused-ring (bicyclic) bond motifs is 1. The molecule has 2 heteroatoms. The standard InChI is InChI=1S/C16H12N2/c1-11-3-2-4-13(7-11)16-9-14-8-12(10-17)5-6-15(14)18-16/h2-9,18H,1H3. The molecular weight excluding hydrogens is 220 g/mol. The molecule has 0 radical (unpaired) electrons. The van der Waals surface area contributed by atoms with Crippen molar-refractivity contribution in [2.24, 2.45) is 0 Å². The highest BCUT2D eigenvalue weighted by molar-refractivity contribution is 5.86.